The number of amides is 2. The second-order valence-corrected chi connectivity index (χ2v) is 9.34. The Morgan fingerprint density at radius 1 is 1.06 bits per heavy atom. The molecule has 0 spiro atoms. The van der Waals surface area contributed by atoms with Crippen molar-refractivity contribution in [3.8, 4) is 0 Å². The number of aromatic nitrogens is 1. The SMILES string of the molecule is C/C(=C\C=C(/C)NC(=O)c1ccc(N2CCN(C=O)CC2)nc1)B1OC(C)(C)C(C)(C)O1. The van der Waals surface area contributed by atoms with E-state index in [1.54, 1.807) is 17.2 Å². The quantitative estimate of drug-likeness (QED) is 0.416. The molecular formula is C23H33BN4O4. The molecule has 1 aromatic rings. The van der Waals surface area contributed by atoms with E-state index < -0.39 is 7.12 Å². The van der Waals surface area contributed by atoms with Crippen LogP contribution in [-0.2, 0) is 14.1 Å². The van der Waals surface area contributed by atoms with E-state index in [1.807, 2.05) is 59.8 Å². The Bertz CT molecular complexity index is 887. The Kier molecular flexibility index (Phi) is 7.10. The van der Waals surface area contributed by atoms with Gasteiger partial charge in [-0.05, 0) is 65.2 Å². The fraction of sp³-hybridized carbons (Fsp3) is 0.522. The predicted molar refractivity (Wildman–Crippen MR) is 125 cm³/mol. The maximum Gasteiger partial charge on any atom is 0.490 e. The van der Waals surface area contributed by atoms with Crippen LogP contribution in [0.2, 0.25) is 0 Å². The van der Waals surface area contributed by atoms with Crippen LogP contribution in [0.1, 0.15) is 51.9 Å². The molecule has 9 heteroatoms. The number of allylic oxidation sites excluding steroid dienone is 4. The van der Waals surface area contributed by atoms with E-state index in [1.165, 1.54) is 0 Å². The summed E-state index contributed by atoms with van der Waals surface area (Å²) in [4.78, 5) is 31.7. The Balaban J connectivity index is 1.56. The van der Waals surface area contributed by atoms with Crippen molar-refractivity contribution >= 4 is 25.3 Å². The molecule has 172 valence electrons. The van der Waals surface area contributed by atoms with E-state index in [0.29, 0.717) is 24.4 Å². The highest BCUT2D eigenvalue weighted by molar-refractivity contribution is 6.54. The average Bonchev–Trinajstić information content (AvgIpc) is 2.99. The molecule has 0 saturated carbocycles. The molecular weight excluding hydrogens is 407 g/mol. The highest BCUT2D eigenvalue weighted by Crippen LogP contribution is 2.38. The zero-order valence-electron chi connectivity index (χ0n) is 19.8. The van der Waals surface area contributed by atoms with Gasteiger partial charge in [-0.25, -0.2) is 4.98 Å². The van der Waals surface area contributed by atoms with Crippen LogP contribution in [0.25, 0.3) is 0 Å². The van der Waals surface area contributed by atoms with Crippen molar-refractivity contribution in [1.29, 1.82) is 0 Å². The minimum absolute atomic E-state index is 0.217. The smallest absolute Gasteiger partial charge is 0.400 e. The van der Waals surface area contributed by atoms with E-state index in [9.17, 15) is 9.59 Å². The van der Waals surface area contributed by atoms with E-state index in [-0.39, 0.29) is 17.1 Å². The number of carbonyl (C=O) groups excluding carboxylic acids is 2. The number of anilines is 1. The van der Waals surface area contributed by atoms with E-state index in [2.05, 4.69) is 15.2 Å². The van der Waals surface area contributed by atoms with E-state index >= 15 is 0 Å². The molecule has 3 heterocycles. The molecule has 0 atom stereocenters. The van der Waals surface area contributed by atoms with Crippen molar-refractivity contribution in [3.05, 3.63) is 47.2 Å². The van der Waals surface area contributed by atoms with Crippen molar-refractivity contribution in [2.24, 2.45) is 0 Å². The summed E-state index contributed by atoms with van der Waals surface area (Å²) >= 11 is 0. The molecule has 1 N–H and O–H groups in total. The van der Waals surface area contributed by atoms with Crippen molar-refractivity contribution in [2.75, 3.05) is 31.1 Å². The van der Waals surface area contributed by atoms with Crippen LogP contribution in [0.3, 0.4) is 0 Å². The number of rotatable bonds is 6. The lowest BCUT2D eigenvalue weighted by atomic mass is 9.79. The molecule has 2 amide bonds. The van der Waals surface area contributed by atoms with Crippen LogP contribution in [0, 0.1) is 0 Å². The molecule has 2 fully saturated rings. The number of hydrogen-bond acceptors (Lipinski definition) is 6. The van der Waals surface area contributed by atoms with E-state index in [0.717, 1.165) is 30.8 Å². The van der Waals surface area contributed by atoms with Crippen LogP contribution in [0.15, 0.2) is 41.7 Å². The number of nitrogens with zero attached hydrogens (tertiary/aromatic N) is 3. The molecule has 2 aliphatic heterocycles. The lowest BCUT2D eigenvalue weighted by molar-refractivity contribution is -0.118. The lowest BCUT2D eigenvalue weighted by Gasteiger charge is -2.33. The third-order valence-electron chi connectivity index (χ3n) is 6.33. The fourth-order valence-electron chi connectivity index (χ4n) is 3.42. The Morgan fingerprint density at radius 3 is 2.22 bits per heavy atom. The van der Waals surface area contributed by atoms with Crippen molar-refractivity contribution in [3.63, 3.8) is 0 Å². The molecule has 0 aromatic carbocycles. The van der Waals surface area contributed by atoms with Gasteiger partial charge in [0.15, 0.2) is 0 Å². The molecule has 1 aromatic heterocycles. The summed E-state index contributed by atoms with van der Waals surface area (Å²) in [7, 11) is -0.412. The third-order valence-corrected chi connectivity index (χ3v) is 6.33. The summed E-state index contributed by atoms with van der Waals surface area (Å²) in [6.07, 6.45) is 6.19. The fourth-order valence-corrected chi connectivity index (χ4v) is 3.42. The van der Waals surface area contributed by atoms with Crippen LogP contribution >= 0.6 is 0 Å². The molecule has 2 saturated heterocycles. The summed E-state index contributed by atoms with van der Waals surface area (Å²) < 4.78 is 12.1. The summed E-state index contributed by atoms with van der Waals surface area (Å²) in [6.45, 7) is 14.7. The summed E-state index contributed by atoms with van der Waals surface area (Å²) in [6, 6.07) is 3.61. The molecule has 8 nitrogen and oxygen atoms in total. The number of nitrogens with one attached hydrogen (secondary N) is 1. The summed E-state index contributed by atoms with van der Waals surface area (Å²) in [5.41, 5.74) is 1.35. The third kappa shape index (κ3) is 5.39. The van der Waals surface area contributed by atoms with Crippen LogP contribution in [-0.4, -0.2) is 66.7 Å². The Hall–Kier alpha value is -2.65. The average molecular weight is 440 g/mol. The van der Waals surface area contributed by atoms with Gasteiger partial charge in [0.05, 0.1) is 16.8 Å². The molecule has 2 aliphatic rings. The van der Waals surface area contributed by atoms with Crippen molar-refractivity contribution < 1.29 is 18.9 Å². The predicted octanol–water partition coefficient (Wildman–Crippen LogP) is 2.57. The molecule has 0 unspecified atom stereocenters. The monoisotopic (exact) mass is 440 g/mol. The lowest BCUT2D eigenvalue weighted by Crippen LogP contribution is -2.46. The van der Waals surface area contributed by atoms with Gasteiger partial charge in [-0.2, -0.15) is 0 Å². The minimum atomic E-state index is -0.412. The van der Waals surface area contributed by atoms with Gasteiger partial charge in [-0.3, -0.25) is 9.59 Å². The zero-order chi connectivity index (χ0) is 23.5. The first-order valence-corrected chi connectivity index (χ1v) is 10.9. The second kappa shape index (κ2) is 9.46. The largest absolute Gasteiger partial charge is 0.490 e. The van der Waals surface area contributed by atoms with Crippen LogP contribution in [0.4, 0.5) is 5.82 Å². The van der Waals surface area contributed by atoms with Crippen molar-refractivity contribution in [1.82, 2.24) is 15.2 Å². The van der Waals surface area contributed by atoms with Crippen molar-refractivity contribution in [2.45, 2.75) is 52.7 Å². The summed E-state index contributed by atoms with van der Waals surface area (Å²) in [5, 5.41) is 2.88. The number of piperazine rings is 1. The standard InChI is InChI=1S/C23H33BN4O4/c1-17(24-31-22(3,4)23(5,6)32-24)7-8-18(2)26-21(30)19-9-10-20(25-15-19)28-13-11-27(16-29)12-14-28/h7-10,15-16H,11-14H2,1-6H3,(H,26,30)/b17-7+,18-8+. The second-order valence-electron chi connectivity index (χ2n) is 9.34. The first-order valence-electron chi connectivity index (χ1n) is 10.9. The highest BCUT2D eigenvalue weighted by atomic mass is 16.7. The molecule has 0 bridgehead atoms. The van der Waals surface area contributed by atoms with Gasteiger partial charge in [0, 0.05) is 38.1 Å². The number of pyridine rings is 1. The summed E-state index contributed by atoms with van der Waals surface area (Å²) in [5.74, 6) is 0.589. The molecule has 32 heavy (non-hydrogen) atoms. The van der Waals surface area contributed by atoms with Gasteiger partial charge in [0.1, 0.15) is 5.82 Å². The van der Waals surface area contributed by atoms with Gasteiger partial charge < -0.3 is 24.4 Å². The van der Waals surface area contributed by atoms with E-state index in [4.69, 9.17) is 9.31 Å². The highest BCUT2D eigenvalue weighted by Gasteiger charge is 2.51. The molecule has 0 aliphatic carbocycles. The van der Waals surface area contributed by atoms with Gasteiger partial charge in [-0.15, -0.1) is 0 Å². The maximum absolute atomic E-state index is 12.6. The van der Waals surface area contributed by atoms with Gasteiger partial charge >= 0.3 is 7.12 Å². The maximum atomic E-state index is 12.6. The molecule has 3 rings (SSSR count). The van der Waals surface area contributed by atoms with Crippen LogP contribution < -0.4 is 10.2 Å². The van der Waals surface area contributed by atoms with Gasteiger partial charge in [0.25, 0.3) is 5.91 Å². The van der Waals surface area contributed by atoms with Crippen LogP contribution in [0.5, 0.6) is 0 Å². The molecule has 0 radical (unpaired) electrons. The topological polar surface area (TPSA) is 84.0 Å². The number of carbonyl (C=O) groups is 2. The Morgan fingerprint density at radius 2 is 1.69 bits per heavy atom. The Labute approximate surface area is 190 Å². The minimum Gasteiger partial charge on any atom is -0.400 e. The normalized spacial score (nSPS) is 21.0. The number of hydrogen-bond donors (Lipinski definition) is 1. The van der Waals surface area contributed by atoms with Gasteiger partial charge in [-0.1, -0.05) is 6.08 Å². The zero-order valence-corrected chi connectivity index (χ0v) is 19.8. The first-order chi connectivity index (χ1) is 15.0. The first kappa shape index (κ1) is 24.0. The van der Waals surface area contributed by atoms with Gasteiger partial charge in [0.2, 0.25) is 6.41 Å².